The standard InChI is InChI=1S/C11H9ClO3/c12-11(13)10-7-14-6-9(15-10)8-4-2-1-3-5-8/h1-2,4,6-7H,3,5H2. The number of carbonyl (C=O) groups excluding carboxylic acids is 1. The SMILES string of the molecule is O=C(Cl)C1=COC=C(C2=CC=CCC2)O1. The Morgan fingerprint density at radius 2 is 2.27 bits per heavy atom. The Hall–Kier alpha value is -1.48. The maximum Gasteiger partial charge on any atom is 0.291 e. The zero-order valence-corrected chi connectivity index (χ0v) is 8.66. The van der Waals surface area contributed by atoms with Crippen LogP contribution in [0.1, 0.15) is 12.8 Å². The number of halogens is 1. The minimum absolute atomic E-state index is 0.0182. The first-order valence-electron chi connectivity index (χ1n) is 4.57. The monoisotopic (exact) mass is 224 g/mol. The molecular formula is C11H9ClO3. The second-order valence-electron chi connectivity index (χ2n) is 3.13. The molecule has 3 nitrogen and oxygen atoms in total. The lowest BCUT2D eigenvalue weighted by molar-refractivity contribution is -0.111. The average Bonchev–Trinajstić information content (AvgIpc) is 2.30. The Kier molecular flexibility index (Phi) is 2.92. The summed E-state index contributed by atoms with van der Waals surface area (Å²) in [5.74, 6) is 0.565. The number of hydrogen-bond acceptors (Lipinski definition) is 3. The van der Waals surface area contributed by atoms with E-state index in [1.807, 2.05) is 12.2 Å². The second-order valence-corrected chi connectivity index (χ2v) is 3.48. The van der Waals surface area contributed by atoms with Gasteiger partial charge in [-0.1, -0.05) is 18.2 Å². The maximum absolute atomic E-state index is 10.9. The first-order chi connectivity index (χ1) is 7.27. The quantitative estimate of drug-likeness (QED) is 0.677. The van der Waals surface area contributed by atoms with Crippen molar-refractivity contribution in [1.82, 2.24) is 0 Å². The molecule has 0 unspecified atom stereocenters. The van der Waals surface area contributed by atoms with Crippen molar-refractivity contribution in [2.45, 2.75) is 12.8 Å². The van der Waals surface area contributed by atoms with Crippen LogP contribution in [0, 0.1) is 0 Å². The predicted molar refractivity (Wildman–Crippen MR) is 55.7 cm³/mol. The molecule has 4 heteroatoms. The van der Waals surface area contributed by atoms with Gasteiger partial charge < -0.3 is 9.47 Å². The van der Waals surface area contributed by atoms with E-state index in [0.717, 1.165) is 18.4 Å². The van der Waals surface area contributed by atoms with Gasteiger partial charge in [-0.2, -0.15) is 0 Å². The highest BCUT2D eigenvalue weighted by molar-refractivity contribution is 6.67. The van der Waals surface area contributed by atoms with E-state index >= 15 is 0 Å². The molecule has 0 amide bonds. The summed E-state index contributed by atoms with van der Waals surface area (Å²) in [7, 11) is 0. The van der Waals surface area contributed by atoms with Gasteiger partial charge in [0.15, 0.2) is 5.76 Å². The molecule has 0 bridgehead atoms. The van der Waals surface area contributed by atoms with E-state index in [-0.39, 0.29) is 5.76 Å². The molecule has 0 saturated heterocycles. The number of carbonyl (C=O) groups is 1. The summed E-state index contributed by atoms with van der Waals surface area (Å²) < 4.78 is 10.3. The molecule has 1 aliphatic carbocycles. The van der Waals surface area contributed by atoms with Gasteiger partial charge in [-0.15, -0.1) is 0 Å². The Morgan fingerprint density at radius 1 is 1.40 bits per heavy atom. The molecule has 0 radical (unpaired) electrons. The zero-order chi connectivity index (χ0) is 10.7. The fourth-order valence-corrected chi connectivity index (χ4v) is 1.44. The largest absolute Gasteiger partial charge is 0.465 e. The molecule has 15 heavy (non-hydrogen) atoms. The van der Waals surface area contributed by atoms with Crippen molar-refractivity contribution in [2.24, 2.45) is 0 Å². The van der Waals surface area contributed by atoms with Crippen LogP contribution in [0.3, 0.4) is 0 Å². The van der Waals surface area contributed by atoms with E-state index in [1.54, 1.807) is 0 Å². The number of rotatable bonds is 2. The van der Waals surface area contributed by atoms with Gasteiger partial charge in [0.05, 0.1) is 0 Å². The highest BCUT2D eigenvalue weighted by atomic mass is 35.5. The van der Waals surface area contributed by atoms with Crippen LogP contribution >= 0.6 is 11.6 Å². The molecule has 0 aromatic carbocycles. The van der Waals surface area contributed by atoms with Crippen molar-refractivity contribution >= 4 is 16.8 Å². The van der Waals surface area contributed by atoms with Gasteiger partial charge in [0.1, 0.15) is 12.5 Å². The summed E-state index contributed by atoms with van der Waals surface area (Å²) in [5.41, 5.74) is 1.00. The zero-order valence-electron chi connectivity index (χ0n) is 7.90. The first-order valence-corrected chi connectivity index (χ1v) is 4.95. The summed E-state index contributed by atoms with van der Waals surface area (Å²) in [6.07, 6.45) is 10.4. The third kappa shape index (κ3) is 2.30. The van der Waals surface area contributed by atoms with Crippen molar-refractivity contribution in [3.8, 4) is 0 Å². The molecule has 2 aliphatic rings. The maximum atomic E-state index is 10.9. The molecule has 0 atom stereocenters. The fourth-order valence-electron chi connectivity index (χ4n) is 1.36. The summed E-state index contributed by atoms with van der Waals surface area (Å²) in [6, 6.07) is 0. The van der Waals surface area contributed by atoms with E-state index in [0.29, 0.717) is 5.76 Å². The summed E-state index contributed by atoms with van der Waals surface area (Å²) in [4.78, 5) is 10.9. The van der Waals surface area contributed by atoms with Gasteiger partial charge in [-0.25, -0.2) is 0 Å². The van der Waals surface area contributed by atoms with Crippen molar-refractivity contribution in [2.75, 3.05) is 0 Å². The molecular weight excluding hydrogens is 216 g/mol. The smallest absolute Gasteiger partial charge is 0.291 e. The third-order valence-electron chi connectivity index (χ3n) is 2.09. The molecule has 0 saturated carbocycles. The summed E-state index contributed by atoms with van der Waals surface area (Å²) in [5, 5.41) is -0.660. The Labute approximate surface area is 92.3 Å². The minimum Gasteiger partial charge on any atom is -0.465 e. The van der Waals surface area contributed by atoms with E-state index in [9.17, 15) is 4.79 Å². The summed E-state index contributed by atoms with van der Waals surface area (Å²) in [6.45, 7) is 0. The van der Waals surface area contributed by atoms with Gasteiger partial charge >= 0.3 is 0 Å². The van der Waals surface area contributed by atoms with E-state index < -0.39 is 5.24 Å². The van der Waals surface area contributed by atoms with Crippen molar-refractivity contribution in [3.05, 3.63) is 47.8 Å². The van der Waals surface area contributed by atoms with Gasteiger partial charge in [0, 0.05) is 0 Å². The molecule has 1 aliphatic heterocycles. The highest BCUT2D eigenvalue weighted by Crippen LogP contribution is 2.26. The van der Waals surface area contributed by atoms with Gasteiger partial charge in [-0.3, -0.25) is 4.79 Å². The normalized spacial score (nSPS) is 19.4. The molecule has 2 rings (SSSR count). The lowest BCUT2D eigenvalue weighted by Crippen LogP contribution is -2.07. The van der Waals surface area contributed by atoms with Crippen molar-refractivity contribution < 1.29 is 14.3 Å². The molecule has 0 aromatic rings. The van der Waals surface area contributed by atoms with Gasteiger partial charge in [0.2, 0.25) is 5.76 Å². The average molecular weight is 225 g/mol. The third-order valence-corrected chi connectivity index (χ3v) is 2.28. The van der Waals surface area contributed by atoms with E-state index in [1.165, 1.54) is 12.5 Å². The molecule has 0 N–H and O–H groups in total. The highest BCUT2D eigenvalue weighted by Gasteiger charge is 2.18. The lowest BCUT2D eigenvalue weighted by Gasteiger charge is -2.17. The topological polar surface area (TPSA) is 35.5 Å². The van der Waals surface area contributed by atoms with Crippen LogP contribution in [0.5, 0.6) is 0 Å². The van der Waals surface area contributed by atoms with E-state index in [2.05, 4.69) is 6.08 Å². The molecule has 0 fully saturated rings. The van der Waals surface area contributed by atoms with Crippen LogP contribution in [0.4, 0.5) is 0 Å². The molecule has 0 aromatic heterocycles. The second kappa shape index (κ2) is 4.36. The fraction of sp³-hybridized carbons (Fsp3) is 0.182. The van der Waals surface area contributed by atoms with E-state index in [4.69, 9.17) is 21.1 Å². The summed E-state index contributed by atoms with van der Waals surface area (Å²) >= 11 is 5.29. The lowest BCUT2D eigenvalue weighted by atomic mass is 10.0. The number of ether oxygens (including phenoxy) is 2. The number of allylic oxidation sites excluding steroid dienone is 5. The number of hydrogen-bond donors (Lipinski definition) is 0. The van der Waals surface area contributed by atoms with Crippen LogP contribution in [-0.4, -0.2) is 5.24 Å². The first kappa shape index (κ1) is 10.1. The molecule has 1 heterocycles. The van der Waals surface area contributed by atoms with Crippen LogP contribution in [0.25, 0.3) is 0 Å². The molecule has 78 valence electrons. The van der Waals surface area contributed by atoms with Gasteiger partial charge in [-0.05, 0) is 30.0 Å². The minimum atomic E-state index is -0.660. The predicted octanol–water partition coefficient (Wildman–Crippen LogP) is 2.76. The van der Waals surface area contributed by atoms with Crippen LogP contribution < -0.4 is 0 Å². The van der Waals surface area contributed by atoms with Crippen LogP contribution in [0.2, 0.25) is 0 Å². The van der Waals surface area contributed by atoms with Crippen molar-refractivity contribution in [1.29, 1.82) is 0 Å². The van der Waals surface area contributed by atoms with Crippen molar-refractivity contribution in [3.63, 3.8) is 0 Å². The Balaban J connectivity index is 2.12. The van der Waals surface area contributed by atoms with Gasteiger partial charge in [0.25, 0.3) is 5.24 Å². The Morgan fingerprint density at radius 3 is 2.93 bits per heavy atom. The van der Waals surface area contributed by atoms with Crippen LogP contribution in [0.15, 0.2) is 47.8 Å². The van der Waals surface area contributed by atoms with Crippen LogP contribution in [-0.2, 0) is 14.3 Å². The Bertz CT molecular complexity index is 402. The molecule has 0 spiro atoms.